The van der Waals surface area contributed by atoms with Gasteiger partial charge in [-0.1, -0.05) is 19.1 Å². The van der Waals surface area contributed by atoms with Crippen LogP contribution >= 0.6 is 0 Å². The van der Waals surface area contributed by atoms with E-state index in [0.717, 1.165) is 18.4 Å². The lowest BCUT2D eigenvalue weighted by atomic mass is 10.0. The monoisotopic (exact) mass is 418 g/mol. The number of aryl methyl sites for hydroxylation is 1. The average Bonchev–Trinajstić information content (AvgIpc) is 2.71. The van der Waals surface area contributed by atoms with Gasteiger partial charge in [0.05, 0.1) is 18.6 Å². The summed E-state index contributed by atoms with van der Waals surface area (Å²) in [5.74, 6) is 0.877. The Kier molecular flexibility index (Phi) is 6.64. The second kappa shape index (κ2) is 9.17. The van der Waals surface area contributed by atoms with Crippen molar-refractivity contribution in [1.29, 1.82) is 0 Å². The number of benzene rings is 2. The van der Waals surface area contributed by atoms with Crippen molar-refractivity contribution < 1.29 is 22.7 Å². The predicted molar refractivity (Wildman–Crippen MR) is 113 cm³/mol. The van der Waals surface area contributed by atoms with Crippen molar-refractivity contribution in [2.75, 3.05) is 35.6 Å². The number of fused-ring (bicyclic) bond motifs is 1. The largest absolute Gasteiger partial charge is 0.493 e. The Bertz CT molecular complexity index is 975. The highest BCUT2D eigenvalue weighted by molar-refractivity contribution is 7.92. The molecule has 0 spiro atoms. The van der Waals surface area contributed by atoms with E-state index in [-0.39, 0.29) is 18.3 Å². The first kappa shape index (κ1) is 21.0. The fraction of sp³-hybridized carbons (Fsp3) is 0.381. The number of ether oxygens (including phenoxy) is 2. The van der Waals surface area contributed by atoms with Crippen molar-refractivity contribution in [1.82, 2.24) is 0 Å². The smallest absolute Gasteiger partial charge is 0.262 e. The van der Waals surface area contributed by atoms with Crippen molar-refractivity contribution >= 4 is 27.3 Å². The van der Waals surface area contributed by atoms with E-state index >= 15 is 0 Å². The van der Waals surface area contributed by atoms with Crippen LogP contribution in [-0.4, -0.2) is 40.3 Å². The van der Waals surface area contributed by atoms with Crippen LogP contribution in [0.3, 0.4) is 0 Å². The van der Waals surface area contributed by atoms with Crippen molar-refractivity contribution in [2.24, 2.45) is 0 Å². The molecule has 0 saturated carbocycles. The summed E-state index contributed by atoms with van der Waals surface area (Å²) in [6.45, 7) is 2.19. The van der Waals surface area contributed by atoms with Gasteiger partial charge in [0.2, 0.25) is 10.0 Å². The Labute approximate surface area is 171 Å². The summed E-state index contributed by atoms with van der Waals surface area (Å²) in [5.41, 5.74) is 2.24. The summed E-state index contributed by atoms with van der Waals surface area (Å²) in [5, 5.41) is 2.81. The minimum Gasteiger partial charge on any atom is -0.493 e. The molecule has 3 rings (SSSR count). The third-order valence-corrected chi connectivity index (χ3v) is 6.64. The quantitative estimate of drug-likeness (QED) is 0.712. The molecule has 8 heteroatoms. The van der Waals surface area contributed by atoms with Gasteiger partial charge in [-0.15, -0.1) is 0 Å². The fourth-order valence-corrected chi connectivity index (χ4v) is 5.00. The molecule has 29 heavy (non-hydrogen) atoms. The predicted octanol–water partition coefficient (Wildman–Crippen LogP) is 3.21. The van der Waals surface area contributed by atoms with E-state index in [4.69, 9.17) is 9.47 Å². The highest BCUT2D eigenvalue weighted by Gasteiger charge is 2.26. The van der Waals surface area contributed by atoms with Crippen LogP contribution in [-0.2, 0) is 21.2 Å². The maximum absolute atomic E-state index is 12.5. The van der Waals surface area contributed by atoms with Gasteiger partial charge in [-0.25, -0.2) is 8.42 Å². The molecule has 0 radical (unpaired) electrons. The molecule has 0 fully saturated rings. The summed E-state index contributed by atoms with van der Waals surface area (Å²) in [6.07, 6.45) is 2.10. The topological polar surface area (TPSA) is 84.9 Å². The lowest BCUT2D eigenvalue weighted by molar-refractivity contribution is -0.118. The molecule has 0 saturated heterocycles. The van der Waals surface area contributed by atoms with Crippen LogP contribution in [0.1, 0.15) is 25.3 Å². The number of rotatable bonds is 8. The van der Waals surface area contributed by atoms with E-state index in [2.05, 4.69) is 5.32 Å². The van der Waals surface area contributed by atoms with E-state index < -0.39 is 10.0 Å². The standard InChI is InChI=1S/C21H26N2O5S/c1-3-13-29(25,26)23-12-6-7-16-14-17(10-11-18(16)23)22-21(24)15-28-20-9-5-4-8-19(20)27-2/h4-5,8-11,14H,3,6-7,12-13,15H2,1-2H3,(H,22,24). The molecule has 0 atom stereocenters. The Balaban J connectivity index is 1.67. The number of sulfonamides is 1. The van der Waals surface area contributed by atoms with Gasteiger partial charge in [0.15, 0.2) is 18.1 Å². The summed E-state index contributed by atoms with van der Waals surface area (Å²) in [6, 6.07) is 12.4. The molecule has 1 aliphatic heterocycles. The van der Waals surface area contributed by atoms with Crippen LogP contribution in [0.2, 0.25) is 0 Å². The average molecular weight is 419 g/mol. The Morgan fingerprint density at radius 2 is 1.93 bits per heavy atom. The minimum atomic E-state index is -3.31. The Morgan fingerprint density at radius 1 is 1.17 bits per heavy atom. The normalized spacial score (nSPS) is 13.5. The number of para-hydroxylation sites is 2. The third kappa shape index (κ3) is 5.00. The number of carbonyl (C=O) groups excluding carboxylic acids is 1. The van der Waals surface area contributed by atoms with Crippen LogP contribution < -0.4 is 19.1 Å². The van der Waals surface area contributed by atoms with E-state index in [1.165, 1.54) is 4.31 Å². The third-order valence-electron chi connectivity index (χ3n) is 4.66. The highest BCUT2D eigenvalue weighted by atomic mass is 32.2. The van der Waals surface area contributed by atoms with E-state index in [1.54, 1.807) is 37.4 Å². The van der Waals surface area contributed by atoms with Crippen molar-refractivity contribution in [2.45, 2.75) is 26.2 Å². The van der Waals surface area contributed by atoms with E-state index in [0.29, 0.717) is 35.8 Å². The molecule has 0 bridgehead atoms. The second-order valence-electron chi connectivity index (χ2n) is 6.82. The van der Waals surface area contributed by atoms with Crippen LogP contribution in [0.25, 0.3) is 0 Å². The van der Waals surface area contributed by atoms with Crippen LogP contribution in [0.4, 0.5) is 11.4 Å². The Hall–Kier alpha value is -2.74. The van der Waals surface area contributed by atoms with Gasteiger partial charge in [-0.05, 0) is 55.2 Å². The van der Waals surface area contributed by atoms with Gasteiger partial charge < -0.3 is 14.8 Å². The van der Waals surface area contributed by atoms with Crippen molar-refractivity contribution in [3.05, 3.63) is 48.0 Å². The first-order valence-electron chi connectivity index (χ1n) is 9.63. The summed E-state index contributed by atoms with van der Waals surface area (Å²) >= 11 is 0. The lowest BCUT2D eigenvalue weighted by Gasteiger charge is -2.30. The first-order chi connectivity index (χ1) is 13.9. The molecule has 1 heterocycles. The molecule has 1 N–H and O–H groups in total. The van der Waals surface area contributed by atoms with Crippen LogP contribution in [0, 0.1) is 0 Å². The van der Waals surface area contributed by atoms with Gasteiger partial charge in [-0.3, -0.25) is 9.10 Å². The number of methoxy groups -OCH3 is 1. The van der Waals surface area contributed by atoms with Crippen molar-refractivity contribution in [3.63, 3.8) is 0 Å². The lowest BCUT2D eigenvalue weighted by Crippen LogP contribution is -2.37. The molecule has 156 valence electrons. The summed E-state index contributed by atoms with van der Waals surface area (Å²) < 4.78 is 37.3. The second-order valence-corrected chi connectivity index (χ2v) is 8.84. The number of anilines is 2. The molecule has 2 aromatic rings. The zero-order chi connectivity index (χ0) is 20.9. The first-order valence-corrected chi connectivity index (χ1v) is 11.2. The number of hydrogen-bond acceptors (Lipinski definition) is 5. The fourth-order valence-electron chi connectivity index (χ4n) is 3.38. The number of hydrogen-bond donors (Lipinski definition) is 1. The van der Waals surface area contributed by atoms with Crippen molar-refractivity contribution in [3.8, 4) is 11.5 Å². The molecular weight excluding hydrogens is 392 g/mol. The summed E-state index contributed by atoms with van der Waals surface area (Å²) in [4.78, 5) is 12.3. The van der Waals surface area contributed by atoms with E-state index in [1.807, 2.05) is 19.1 Å². The zero-order valence-corrected chi connectivity index (χ0v) is 17.5. The SMILES string of the molecule is CCCS(=O)(=O)N1CCCc2cc(NC(=O)COc3ccccc3OC)ccc21. The van der Waals surface area contributed by atoms with Gasteiger partial charge >= 0.3 is 0 Å². The van der Waals surface area contributed by atoms with Gasteiger partial charge in [0.25, 0.3) is 5.91 Å². The molecule has 0 unspecified atom stereocenters. The highest BCUT2D eigenvalue weighted by Crippen LogP contribution is 2.32. The van der Waals surface area contributed by atoms with Gasteiger partial charge in [0.1, 0.15) is 0 Å². The van der Waals surface area contributed by atoms with Gasteiger partial charge in [0, 0.05) is 12.2 Å². The van der Waals surface area contributed by atoms with Gasteiger partial charge in [-0.2, -0.15) is 0 Å². The summed E-state index contributed by atoms with van der Waals surface area (Å²) in [7, 11) is -1.77. The number of carbonyl (C=O) groups is 1. The molecule has 1 amide bonds. The zero-order valence-electron chi connectivity index (χ0n) is 16.7. The molecule has 2 aromatic carbocycles. The minimum absolute atomic E-state index is 0.130. The molecule has 1 aliphatic rings. The Morgan fingerprint density at radius 3 is 2.66 bits per heavy atom. The van der Waals surface area contributed by atoms with Crippen LogP contribution in [0.5, 0.6) is 11.5 Å². The number of nitrogens with zero attached hydrogens (tertiary/aromatic N) is 1. The van der Waals surface area contributed by atoms with Crippen LogP contribution in [0.15, 0.2) is 42.5 Å². The molecule has 0 aromatic heterocycles. The molecular formula is C21H26N2O5S. The maximum atomic E-state index is 12.5. The number of nitrogens with one attached hydrogen (secondary N) is 1. The molecule has 0 aliphatic carbocycles. The maximum Gasteiger partial charge on any atom is 0.262 e. The van der Waals surface area contributed by atoms with E-state index in [9.17, 15) is 13.2 Å². The molecule has 7 nitrogen and oxygen atoms in total. The number of amides is 1.